The maximum absolute atomic E-state index is 13.7. The van der Waals surface area contributed by atoms with Crippen molar-refractivity contribution in [2.24, 2.45) is 0 Å². The molecule has 0 aromatic heterocycles. The molecule has 2 saturated heterocycles. The Balaban J connectivity index is 1.56. The van der Waals surface area contributed by atoms with E-state index in [1.165, 1.54) is 11.0 Å². The van der Waals surface area contributed by atoms with E-state index in [1.54, 1.807) is 4.90 Å². The molecule has 24 heavy (non-hydrogen) atoms. The van der Waals surface area contributed by atoms with Gasteiger partial charge >= 0.3 is 0 Å². The maximum atomic E-state index is 13.7. The Morgan fingerprint density at radius 3 is 2.29 bits per heavy atom. The van der Waals surface area contributed by atoms with E-state index >= 15 is 0 Å². The van der Waals surface area contributed by atoms with Crippen LogP contribution in [0.5, 0.6) is 0 Å². The van der Waals surface area contributed by atoms with Crippen LogP contribution in [-0.2, 0) is 4.79 Å². The van der Waals surface area contributed by atoms with Crippen molar-refractivity contribution in [2.45, 2.75) is 25.3 Å². The Hall–Kier alpha value is -2.02. The number of rotatable bonds is 3. The minimum atomic E-state index is -0.856. The summed E-state index contributed by atoms with van der Waals surface area (Å²) in [5.74, 6) is -2.30. The van der Waals surface area contributed by atoms with Crippen molar-refractivity contribution < 1.29 is 18.4 Å². The van der Waals surface area contributed by atoms with Crippen LogP contribution >= 0.6 is 0 Å². The van der Waals surface area contributed by atoms with Crippen molar-refractivity contribution in [3.8, 4) is 0 Å². The van der Waals surface area contributed by atoms with Crippen molar-refractivity contribution in [3.63, 3.8) is 0 Å². The quantitative estimate of drug-likeness (QED) is 0.907. The molecule has 0 bridgehead atoms. The summed E-state index contributed by atoms with van der Waals surface area (Å²) in [5, 5.41) is 3.29. The lowest BCUT2D eigenvalue weighted by molar-refractivity contribution is -0.133. The van der Waals surface area contributed by atoms with Gasteiger partial charge in [-0.1, -0.05) is 6.07 Å². The van der Waals surface area contributed by atoms with Gasteiger partial charge in [0.2, 0.25) is 5.91 Å². The topological polar surface area (TPSA) is 52.7 Å². The first kappa shape index (κ1) is 16.8. The third-order valence-corrected chi connectivity index (χ3v) is 4.68. The van der Waals surface area contributed by atoms with Crippen molar-refractivity contribution in [2.75, 3.05) is 32.7 Å². The monoisotopic (exact) mass is 337 g/mol. The van der Waals surface area contributed by atoms with E-state index in [2.05, 4.69) is 5.32 Å². The van der Waals surface area contributed by atoms with Crippen LogP contribution in [0.3, 0.4) is 0 Å². The third kappa shape index (κ3) is 3.56. The molecule has 1 unspecified atom stereocenters. The average molecular weight is 337 g/mol. The normalized spacial score (nSPS) is 21.2. The van der Waals surface area contributed by atoms with Crippen LogP contribution in [0.2, 0.25) is 0 Å². The Labute approximate surface area is 139 Å². The predicted octanol–water partition coefficient (Wildman–Crippen LogP) is 1.39. The first-order valence-corrected chi connectivity index (χ1v) is 8.30. The first-order chi connectivity index (χ1) is 11.6. The van der Waals surface area contributed by atoms with E-state index in [-0.39, 0.29) is 25.0 Å². The number of hydrogen-bond donors (Lipinski definition) is 1. The third-order valence-electron chi connectivity index (χ3n) is 4.68. The van der Waals surface area contributed by atoms with Crippen LogP contribution in [0.1, 0.15) is 29.6 Å². The molecule has 2 aliphatic heterocycles. The zero-order chi connectivity index (χ0) is 17.1. The van der Waals surface area contributed by atoms with Gasteiger partial charge in [-0.25, -0.2) is 8.78 Å². The zero-order valence-electron chi connectivity index (χ0n) is 13.4. The fraction of sp³-hybridized carbons (Fsp3) is 0.529. The molecule has 5 nitrogen and oxygen atoms in total. The molecule has 130 valence electrons. The number of nitrogens with zero attached hydrogens (tertiary/aromatic N) is 2. The lowest BCUT2D eigenvalue weighted by Crippen LogP contribution is -2.51. The van der Waals surface area contributed by atoms with Crippen molar-refractivity contribution in [1.29, 1.82) is 0 Å². The Bertz CT molecular complexity index is 604. The van der Waals surface area contributed by atoms with Crippen molar-refractivity contribution in [3.05, 3.63) is 35.4 Å². The number of halogens is 2. The number of hydrogen-bond acceptors (Lipinski definition) is 3. The Morgan fingerprint density at radius 2 is 1.71 bits per heavy atom. The highest BCUT2D eigenvalue weighted by Gasteiger charge is 2.29. The molecule has 1 atom stereocenters. The molecule has 1 aromatic carbocycles. The van der Waals surface area contributed by atoms with Gasteiger partial charge in [0.15, 0.2) is 0 Å². The summed E-state index contributed by atoms with van der Waals surface area (Å²) >= 11 is 0. The molecule has 2 heterocycles. The lowest BCUT2D eigenvalue weighted by Gasteiger charge is -2.35. The van der Waals surface area contributed by atoms with Gasteiger partial charge in [-0.15, -0.1) is 0 Å². The van der Waals surface area contributed by atoms with Crippen LogP contribution < -0.4 is 5.32 Å². The number of amides is 2. The van der Waals surface area contributed by atoms with E-state index in [9.17, 15) is 18.4 Å². The number of nitrogens with one attached hydrogen (secondary N) is 1. The molecule has 3 rings (SSSR count). The molecule has 1 N–H and O–H groups in total. The summed E-state index contributed by atoms with van der Waals surface area (Å²) in [6.07, 6.45) is 2.57. The maximum Gasteiger partial charge on any atom is 0.259 e. The molecular weight excluding hydrogens is 316 g/mol. The SMILES string of the molecule is O=C(CC1CCCN1)N1CCN(C(=O)c2c(F)cccc2F)CC1. The molecule has 0 aliphatic carbocycles. The number of piperazine rings is 1. The summed E-state index contributed by atoms with van der Waals surface area (Å²) in [5.41, 5.74) is -0.521. The van der Waals surface area contributed by atoms with Crippen LogP contribution in [0.15, 0.2) is 18.2 Å². The van der Waals surface area contributed by atoms with Gasteiger partial charge in [0.05, 0.1) is 0 Å². The summed E-state index contributed by atoms with van der Waals surface area (Å²) in [6, 6.07) is 3.62. The second-order valence-electron chi connectivity index (χ2n) is 6.27. The summed E-state index contributed by atoms with van der Waals surface area (Å²) < 4.78 is 27.5. The first-order valence-electron chi connectivity index (χ1n) is 8.30. The second kappa shape index (κ2) is 7.25. The lowest BCUT2D eigenvalue weighted by atomic mass is 10.1. The molecule has 2 amide bonds. The second-order valence-corrected chi connectivity index (χ2v) is 6.27. The van der Waals surface area contributed by atoms with Crippen molar-refractivity contribution >= 4 is 11.8 Å². The van der Waals surface area contributed by atoms with E-state index < -0.39 is 23.1 Å². The minimum Gasteiger partial charge on any atom is -0.339 e. The van der Waals surface area contributed by atoms with Crippen LogP contribution in [0.25, 0.3) is 0 Å². The average Bonchev–Trinajstić information content (AvgIpc) is 3.07. The van der Waals surface area contributed by atoms with Gasteiger partial charge in [-0.2, -0.15) is 0 Å². The molecule has 0 saturated carbocycles. The van der Waals surface area contributed by atoms with Crippen LogP contribution in [0, 0.1) is 11.6 Å². The molecule has 7 heteroatoms. The highest BCUT2D eigenvalue weighted by molar-refractivity contribution is 5.95. The Kier molecular flexibility index (Phi) is 5.08. The van der Waals surface area contributed by atoms with E-state index in [0.717, 1.165) is 31.5 Å². The van der Waals surface area contributed by atoms with Gasteiger partial charge in [0.25, 0.3) is 5.91 Å². The molecule has 0 spiro atoms. The predicted molar refractivity (Wildman–Crippen MR) is 84.5 cm³/mol. The highest BCUT2D eigenvalue weighted by atomic mass is 19.1. The Morgan fingerprint density at radius 1 is 1.08 bits per heavy atom. The van der Waals surface area contributed by atoms with Crippen LogP contribution in [-0.4, -0.2) is 60.4 Å². The zero-order valence-corrected chi connectivity index (χ0v) is 13.4. The summed E-state index contributed by atoms with van der Waals surface area (Å²) in [4.78, 5) is 27.7. The largest absolute Gasteiger partial charge is 0.339 e. The number of carbonyl (C=O) groups excluding carboxylic acids is 2. The van der Waals surface area contributed by atoms with E-state index in [1.807, 2.05) is 0 Å². The number of benzene rings is 1. The molecule has 2 aliphatic rings. The standard InChI is InChI=1S/C17H21F2N3O2/c18-13-4-1-5-14(19)16(13)17(24)22-9-7-21(8-10-22)15(23)11-12-3-2-6-20-12/h1,4-5,12,20H,2-3,6-11H2. The molecular formula is C17H21F2N3O2. The van der Waals surface area contributed by atoms with Gasteiger partial charge < -0.3 is 15.1 Å². The van der Waals surface area contributed by atoms with Gasteiger partial charge in [-0.3, -0.25) is 9.59 Å². The van der Waals surface area contributed by atoms with Gasteiger partial charge in [0, 0.05) is 38.6 Å². The molecule has 2 fully saturated rings. The van der Waals surface area contributed by atoms with Gasteiger partial charge in [-0.05, 0) is 31.5 Å². The summed E-state index contributed by atoms with van der Waals surface area (Å²) in [6.45, 7) is 2.32. The fourth-order valence-corrected chi connectivity index (χ4v) is 3.29. The van der Waals surface area contributed by atoms with Crippen LogP contribution in [0.4, 0.5) is 8.78 Å². The minimum absolute atomic E-state index is 0.0681. The summed E-state index contributed by atoms with van der Waals surface area (Å²) in [7, 11) is 0. The fourth-order valence-electron chi connectivity index (χ4n) is 3.29. The van der Waals surface area contributed by atoms with Gasteiger partial charge in [0.1, 0.15) is 17.2 Å². The smallest absolute Gasteiger partial charge is 0.259 e. The van der Waals surface area contributed by atoms with E-state index in [0.29, 0.717) is 19.5 Å². The molecule has 0 radical (unpaired) electrons. The highest BCUT2D eigenvalue weighted by Crippen LogP contribution is 2.17. The molecule has 1 aromatic rings. The number of carbonyl (C=O) groups is 2. The van der Waals surface area contributed by atoms with Crippen molar-refractivity contribution in [1.82, 2.24) is 15.1 Å². The van der Waals surface area contributed by atoms with E-state index in [4.69, 9.17) is 0 Å².